The van der Waals surface area contributed by atoms with Gasteiger partial charge in [0.2, 0.25) is 0 Å². The molecule has 0 aliphatic rings. The highest BCUT2D eigenvalue weighted by Gasteiger charge is 2.17. The normalized spacial score (nSPS) is 12.0. The Bertz CT molecular complexity index is 157. The van der Waals surface area contributed by atoms with Gasteiger partial charge in [0.05, 0.1) is 0 Å². The maximum atomic E-state index is 2.64. The van der Waals surface area contributed by atoms with Gasteiger partial charge < -0.3 is 0 Å². The zero-order valence-electron chi connectivity index (χ0n) is 15.2. The number of rotatable bonds is 15. The quantitative estimate of drug-likeness (QED) is 0.212. The van der Waals surface area contributed by atoms with E-state index in [1.54, 1.807) is 0 Å². The second-order valence-electron chi connectivity index (χ2n) is 7.64. The summed E-state index contributed by atoms with van der Waals surface area (Å²) in [6, 6.07) is 0. The van der Waals surface area contributed by atoms with Crippen LogP contribution < -0.4 is 0 Å². The van der Waals surface area contributed by atoms with Crippen molar-refractivity contribution in [3.63, 3.8) is 0 Å². The summed E-state index contributed by atoms with van der Waals surface area (Å²) in [4.78, 5) is 0. The molecule has 0 N–H and O–H groups in total. The van der Waals surface area contributed by atoms with Crippen LogP contribution in [0, 0.1) is 0 Å². The summed E-state index contributed by atoms with van der Waals surface area (Å²) in [5.74, 6) is 0. The second-order valence-corrected chi connectivity index (χ2v) is 7.64. The van der Waals surface area contributed by atoms with E-state index in [9.17, 15) is 0 Å². The van der Waals surface area contributed by atoms with Crippen LogP contribution in [0.5, 0.6) is 0 Å². The van der Waals surface area contributed by atoms with E-state index in [1.807, 2.05) is 0 Å². The van der Waals surface area contributed by atoms with Gasteiger partial charge in [-0.3, -0.25) is 0 Å². The summed E-state index contributed by atoms with van der Waals surface area (Å²) in [5, 5.41) is 0. The van der Waals surface area contributed by atoms with Gasteiger partial charge in [-0.25, -0.2) is 0 Å². The standard InChI is InChI=1S/C19H42B/c1-5-8-11-14-17-20(4,18-15-12-9-6-2)19-16-13-10-7-3/h5-19H2,1-4H3/q-1. The van der Waals surface area contributed by atoms with Gasteiger partial charge in [0, 0.05) is 0 Å². The molecule has 0 saturated heterocycles. The molecule has 1 heteroatoms. The molecule has 0 heterocycles. The monoisotopic (exact) mass is 281 g/mol. The maximum absolute atomic E-state index is 2.64. The Kier molecular flexibility index (Phi) is 14.1. The number of hydrogen-bond donors (Lipinski definition) is 0. The van der Waals surface area contributed by atoms with Gasteiger partial charge >= 0.3 is 0 Å². The lowest BCUT2D eigenvalue weighted by atomic mass is 9.20. The SMILES string of the molecule is CCCCCC[B-](C)(CCCCCC)CCCCCC. The summed E-state index contributed by atoms with van der Waals surface area (Å²) in [7, 11) is 0. The first-order chi connectivity index (χ1) is 9.68. The molecule has 0 rings (SSSR count). The highest BCUT2D eigenvalue weighted by molar-refractivity contribution is 6.78. The van der Waals surface area contributed by atoms with E-state index < -0.39 is 0 Å². The van der Waals surface area contributed by atoms with E-state index in [0.29, 0.717) is 0 Å². The van der Waals surface area contributed by atoms with Crippen molar-refractivity contribution in [3.05, 3.63) is 0 Å². The van der Waals surface area contributed by atoms with Gasteiger partial charge in [0.15, 0.2) is 0 Å². The van der Waals surface area contributed by atoms with E-state index in [0.717, 1.165) is 0 Å². The summed E-state index contributed by atoms with van der Waals surface area (Å²) >= 11 is 0. The number of unbranched alkanes of at least 4 members (excludes halogenated alkanes) is 9. The molecule has 0 radical (unpaired) electrons. The molecule has 0 bridgehead atoms. The van der Waals surface area contributed by atoms with E-state index >= 15 is 0 Å². The minimum Gasteiger partial charge on any atom is -0.190 e. The third-order valence-electron chi connectivity index (χ3n) is 5.26. The molecular formula is C19H42B-. The number of hydrogen-bond acceptors (Lipinski definition) is 0. The lowest BCUT2D eigenvalue weighted by molar-refractivity contribution is 0.666. The predicted octanol–water partition coefficient (Wildman–Crippen LogP) is 7.81. The van der Waals surface area contributed by atoms with Gasteiger partial charge in [-0.2, -0.15) is 25.8 Å². The summed E-state index contributed by atoms with van der Waals surface area (Å²) in [6.45, 7) is 9.60. The van der Waals surface area contributed by atoms with Crippen molar-refractivity contribution in [1.29, 1.82) is 0 Å². The molecule has 20 heavy (non-hydrogen) atoms. The maximum Gasteiger partial charge on any atom is -0.00233 e. The molecule has 0 aliphatic heterocycles. The molecule has 0 aromatic carbocycles. The molecule has 0 amide bonds. The molecule has 0 saturated carbocycles. The molecule has 0 aromatic heterocycles. The Hall–Kier alpha value is 0.0649. The zero-order valence-corrected chi connectivity index (χ0v) is 15.2. The van der Waals surface area contributed by atoms with Gasteiger partial charge in [-0.15, -0.1) is 0 Å². The van der Waals surface area contributed by atoms with Crippen LogP contribution in [0.15, 0.2) is 0 Å². The van der Waals surface area contributed by atoms with E-state index in [1.165, 1.54) is 96.0 Å². The average molecular weight is 281 g/mol. The molecule has 0 atom stereocenters. The van der Waals surface area contributed by atoms with Gasteiger partial charge in [-0.1, -0.05) is 97.8 Å². The highest BCUT2D eigenvalue weighted by Crippen LogP contribution is 2.29. The predicted molar refractivity (Wildman–Crippen MR) is 98.5 cm³/mol. The van der Waals surface area contributed by atoms with Crippen LogP contribution in [0.4, 0.5) is 0 Å². The Balaban J connectivity index is 3.98. The first kappa shape index (κ1) is 20.1. The van der Waals surface area contributed by atoms with Crippen LogP contribution in [0.25, 0.3) is 0 Å². The summed E-state index contributed by atoms with van der Waals surface area (Å²) < 4.78 is 0. The Morgan fingerprint density at radius 3 is 1.00 bits per heavy atom. The van der Waals surface area contributed by atoms with Crippen LogP contribution in [-0.2, 0) is 0 Å². The highest BCUT2D eigenvalue weighted by atomic mass is 14.0. The smallest absolute Gasteiger partial charge is 0.00233 e. The molecule has 0 fully saturated rings. The van der Waals surface area contributed by atoms with Crippen LogP contribution in [0.2, 0.25) is 25.8 Å². The van der Waals surface area contributed by atoms with Crippen molar-refractivity contribution in [1.82, 2.24) is 0 Å². The fraction of sp³-hybridized carbons (Fsp3) is 1.00. The van der Waals surface area contributed by atoms with Crippen molar-refractivity contribution in [2.45, 2.75) is 124 Å². The minimum atomic E-state index is -0.0483. The lowest BCUT2D eigenvalue weighted by Crippen LogP contribution is -2.29. The lowest BCUT2D eigenvalue weighted by Gasteiger charge is -2.35. The Morgan fingerprint density at radius 1 is 0.450 bits per heavy atom. The Morgan fingerprint density at radius 2 is 0.750 bits per heavy atom. The van der Waals surface area contributed by atoms with E-state index in [2.05, 4.69) is 27.6 Å². The van der Waals surface area contributed by atoms with Crippen LogP contribution in [-0.4, -0.2) is 6.15 Å². The van der Waals surface area contributed by atoms with E-state index in [4.69, 9.17) is 0 Å². The fourth-order valence-electron chi connectivity index (χ4n) is 3.62. The summed E-state index contributed by atoms with van der Waals surface area (Å²) in [6.07, 6.45) is 21.9. The summed E-state index contributed by atoms with van der Waals surface area (Å²) in [5.41, 5.74) is 0. The fourth-order valence-corrected chi connectivity index (χ4v) is 3.62. The molecule has 0 unspecified atom stereocenters. The van der Waals surface area contributed by atoms with Crippen molar-refractivity contribution in [3.8, 4) is 0 Å². The molecule has 0 nitrogen and oxygen atoms in total. The van der Waals surface area contributed by atoms with Crippen molar-refractivity contribution >= 4 is 6.15 Å². The van der Waals surface area contributed by atoms with Gasteiger partial charge in [0.1, 0.15) is 0 Å². The second kappa shape index (κ2) is 14.0. The third-order valence-corrected chi connectivity index (χ3v) is 5.26. The van der Waals surface area contributed by atoms with Crippen molar-refractivity contribution in [2.75, 3.05) is 0 Å². The molecule has 0 aromatic rings. The van der Waals surface area contributed by atoms with Crippen LogP contribution in [0.3, 0.4) is 0 Å². The van der Waals surface area contributed by atoms with Gasteiger partial charge in [0.25, 0.3) is 0 Å². The van der Waals surface area contributed by atoms with Crippen LogP contribution >= 0.6 is 0 Å². The van der Waals surface area contributed by atoms with Crippen molar-refractivity contribution < 1.29 is 0 Å². The van der Waals surface area contributed by atoms with Crippen LogP contribution in [0.1, 0.15) is 97.8 Å². The third kappa shape index (κ3) is 11.9. The largest absolute Gasteiger partial charge is 0.190 e. The minimum absolute atomic E-state index is 0.0483. The zero-order chi connectivity index (χ0) is 15.1. The molecule has 0 aliphatic carbocycles. The molecular weight excluding hydrogens is 239 g/mol. The molecule has 0 spiro atoms. The Labute approximate surface area is 130 Å². The van der Waals surface area contributed by atoms with Gasteiger partial charge in [-0.05, 0) is 6.15 Å². The first-order valence-corrected chi connectivity index (χ1v) is 9.92. The average Bonchev–Trinajstić information content (AvgIpc) is 2.45. The first-order valence-electron chi connectivity index (χ1n) is 9.92. The van der Waals surface area contributed by atoms with Crippen molar-refractivity contribution in [2.24, 2.45) is 0 Å². The topological polar surface area (TPSA) is 0 Å². The van der Waals surface area contributed by atoms with E-state index in [-0.39, 0.29) is 6.15 Å². The molecule has 122 valence electrons.